The van der Waals surface area contributed by atoms with Gasteiger partial charge in [0, 0.05) is 44.8 Å². The summed E-state index contributed by atoms with van der Waals surface area (Å²) in [5.41, 5.74) is 3.89. The Hall–Kier alpha value is -2.15. The minimum Gasteiger partial charge on any atom is -0.361 e. The summed E-state index contributed by atoms with van der Waals surface area (Å²) in [4.78, 5) is 17.9. The van der Waals surface area contributed by atoms with E-state index < -0.39 is 0 Å². The lowest BCUT2D eigenvalue weighted by molar-refractivity contribution is 0.0573. The first-order chi connectivity index (χ1) is 13.5. The molecule has 7 nitrogen and oxygen atoms in total. The zero-order valence-electron chi connectivity index (χ0n) is 17.4. The number of piperidine rings is 1. The van der Waals surface area contributed by atoms with Gasteiger partial charge in [0.15, 0.2) is 0 Å². The van der Waals surface area contributed by atoms with E-state index in [0.717, 1.165) is 62.6 Å². The van der Waals surface area contributed by atoms with E-state index in [-0.39, 0.29) is 11.9 Å². The van der Waals surface area contributed by atoms with Crippen LogP contribution in [-0.2, 0) is 20.0 Å². The van der Waals surface area contributed by atoms with E-state index >= 15 is 0 Å². The summed E-state index contributed by atoms with van der Waals surface area (Å²) in [5, 5.41) is 8.62. The summed E-state index contributed by atoms with van der Waals surface area (Å²) < 4.78 is 7.10. The molecule has 0 saturated carbocycles. The Morgan fingerprint density at radius 3 is 2.79 bits per heavy atom. The molecule has 0 unspecified atom stereocenters. The average Bonchev–Trinajstić information content (AvgIpc) is 3.04. The molecule has 5 rings (SSSR count). The average molecular weight is 386 g/mol. The van der Waals surface area contributed by atoms with E-state index in [9.17, 15) is 4.79 Å². The lowest BCUT2D eigenvalue weighted by atomic mass is 9.94. The molecule has 2 aromatic rings. The van der Waals surface area contributed by atoms with Crippen LogP contribution in [0.4, 0.5) is 0 Å². The molecule has 3 saturated heterocycles. The highest BCUT2D eigenvalue weighted by atomic mass is 16.5. The molecule has 28 heavy (non-hydrogen) atoms. The lowest BCUT2D eigenvalue weighted by Crippen LogP contribution is -2.47. The quantitative estimate of drug-likeness (QED) is 0.792. The number of aromatic nitrogens is 3. The van der Waals surface area contributed by atoms with Gasteiger partial charge in [0.1, 0.15) is 11.5 Å². The summed E-state index contributed by atoms with van der Waals surface area (Å²) in [6.07, 6.45) is 4.22. The van der Waals surface area contributed by atoms with Crippen molar-refractivity contribution in [2.24, 2.45) is 13.0 Å². The molecule has 0 radical (unpaired) electrons. The zero-order valence-corrected chi connectivity index (χ0v) is 17.4. The Balaban J connectivity index is 1.51. The molecule has 2 aromatic heterocycles. The third kappa shape index (κ3) is 3.60. The number of carbonyl (C=O) groups is 1. The molecule has 7 heteroatoms. The first-order valence-corrected chi connectivity index (χ1v) is 10.4. The van der Waals surface area contributed by atoms with E-state index in [0.29, 0.717) is 11.6 Å². The number of nitrogens with zero attached hydrogens (tertiary/aromatic N) is 5. The first kappa shape index (κ1) is 19.2. The molecule has 3 fully saturated rings. The lowest BCUT2D eigenvalue weighted by Gasteiger charge is -2.36. The first-order valence-electron chi connectivity index (χ1n) is 10.4. The second kappa shape index (κ2) is 7.70. The van der Waals surface area contributed by atoms with Crippen LogP contribution in [-0.4, -0.2) is 56.3 Å². The van der Waals surface area contributed by atoms with Crippen LogP contribution >= 0.6 is 0 Å². The number of hydrogen-bond acceptors (Lipinski definition) is 5. The topological polar surface area (TPSA) is 67.4 Å². The maximum Gasteiger partial charge on any atom is 0.272 e. The molecule has 0 aliphatic carbocycles. The fraction of sp³-hybridized carbons (Fsp3) is 0.667. The van der Waals surface area contributed by atoms with E-state index in [1.54, 1.807) is 4.68 Å². The van der Waals surface area contributed by atoms with Gasteiger partial charge in [-0.2, -0.15) is 5.10 Å². The summed E-state index contributed by atoms with van der Waals surface area (Å²) in [5.74, 6) is 1.55. The Kier molecular flexibility index (Phi) is 5.27. The van der Waals surface area contributed by atoms with Crippen molar-refractivity contribution in [3.8, 4) is 0 Å². The third-order valence-corrected chi connectivity index (χ3v) is 6.27. The number of hydrogen-bond donors (Lipinski definition) is 0. The van der Waals surface area contributed by atoms with Crippen LogP contribution in [0.25, 0.3) is 0 Å². The minimum atomic E-state index is 0.131. The Morgan fingerprint density at radius 1 is 1.25 bits per heavy atom. The summed E-state index contributed by atoms with van der Waals surface area (Å²) in [6.45, 7) is 9.75. The smallest absolute Gasteiger partial charge is 0.272 e. The van der Waals surface area contributed by atoms with Crippen molar-refractivity contribution in [2.45, 2.75) is 59.0 Å². The zero-order chi connectivity index (χ0) is 19.8. The second-order valence-electron chi connectivity index (χ2n) is 8.45. The van der Waals surface area contributed by atoms with Crippen LogP contribution in [0.15, 0.2) is 10.6 Å². The predicted molar refractivity (Wildman–Crippen MR) is 106 cm³/mol. The standard InChI is InChI=1S/C21H31N5O2/c1-5-6-17-9-20(24(4)22-17)21(27)26-11-16-7-8-18(26)12-25(10-16)13-19-14(2)23-28-15(19)3/h9,16,18H,5-8,10-13H2,1-4H3/t16-,18+/m1/s1. The number of aryl methyl sites for hydroxylation is 4. The summed E-state index contributed by atoms with van der Waals surface area (Å²) >= 11 is 0. The van der Waals surface area contributed by atoms with Crippen LogP contribution in [0.2, 0.25) is 0 Å². The van der Waals surface area contributed by atoms with Gasteiger partial charge in [0.05, 0.1) is 11.4 Å². The number of rotatable bonds is 5. The normalized spacial score (nSPS) is 22.6. The summed E-state index contributed by atoms with van der Waals surface area (Å²) in [7, 11) is 1.88. The molecule has 1 amide bonds. The van der Waals surface area contributed by atoms with E-state index in [1.807, 2.05) is 27.0 Å². The molecule has 3 aliphatic rings. The second-order valence-corrected chi connectivity index (χ2v) is 8.45. The molecular formula is C21H31N5O2. The van der Waals surface area contributed by atoms with Gasteiger partial charge in [-0.1, -0.05) is 18.5 Å². The highest BCUT2D eigenvalue weighted by Gasteiger charge is 2.38. The number of amides is 1. The van der Waals surface area contributed by atoms with Gasteiger partial charge < -0.3 is 9.42 Å². The number of fused-ring (bicyclic) bond motifs is 4. The molecule has 3 aliphatic heterocycles. The molecule has 152 valence electrons. The van der Waals surface area contributed by atoms with E-state index in [2.05, 4.69) is 27.0 Å². The largest absolute Gasteiger partial charge is 0.361 e. The van der Waals surface area contributed by atoms with Gasteiger partial charge in [-0.05, 0) is 45.1 Å². The predicted octanol–water partition coefficient (Wildman–Crippen LogP) is 2.71. The molecule has 5 heterocycles. The maximum absolute atomic E-state index is 13.3. The Bertz CT molecular complexity index is 836. The Labute approximate surface area is 166 Å². The molecule has 2 atom stereocenters. The van der Waals surface area contributed by atoms with E-state index in [4.69, 9.17) is 4.52 Å². The van der Waals surface area contributed by atoms with Crippen LogP contribution in [0.1, 0.15) is 59.4 Å². The van der Waals surface area contributed by atoms with Crippen molar-refractivity contribution in [1.29, 1.82) is 0 Å². The fourth-order valence-electron chi connectivity index (χ4n) is 4.76. The molecule has 0 N–H and O–H groups in total. The minimum absolute atomic E-state index is 0.131. The number of carbonyl (C=O) groups excluding carboxylic acids is 1. The Morgan fingerprint density at radius 2 is 2.07 bits per heavy atom. The maximum atomic E-state index is 13.3. The molecule has 2 bridgehead atoms. The van der Waals surface area contributed by atoms with Crippen molar-refractivity contribution in [3.63, 3.8) is 0 Å². The highest BCUT2D eigenvalue weighted by molar-refractivity contribution is 5.93. The van der Waals surface area contributed by atoms with E-state index in [1.165, 1.54) is 12.0 Å². The van der Waals surface area contributed by atoms with Gasteiger partial charge in [0.25, 0.3) is 5.91 Å². The van der Waals surface area contributed by atoms with Gasteiger partial charge in [-0.25, -0.2) is 0 Å². The van der Waals surface area contributed by atoms with Crippen LogP contribution in [0.5, 0.6) is 0 Å². The van der Waals surface area contributed by atoms with Crippen LogP contribution in [0.3, 0.4) is 0 Å². The van der Waals surface area contributed by atoms with Crippen molar-refractivity contribution in [3.05, 3.63) is 34.5 Å². The third-order valence-electron chi connectivity index (χ3n) is 6.27. The van der Waals surface area contributed by atoms with Crippen molar-refractivity contribution in [2.75, 3.05) is 19.6 Å². The van der Waals surface area contributed by atoms with Crippen molar-refractivity contribution >= 4 is 5.91 Å². The molecule has 0 spiro atoms. The monoisotopic (exact) mass is 385 g/mol. The van der Waals surface area contributed by atoms with Crippen molar-refractivity contribution < 1.29 is 9.32 Å². The van der Waals surface area contributed by atoms with Gasteiger partial charge in [-0.15, -0.1) is 0 Å². The highest BCUT2D eigenvalue weighted by Crippen LogP contribution is 2.30. The SMILES string of the molecule is CCCc1cc(C(=O)N2C[C@@H]3CC[C@H]2CN(Cc2c(C)noc2C)C3)n(C)n1. The molecular weight excluding hydrogens is 354 g/mol. The molecule has 0 aromatic carbocycles. The van der Waals surface area contributed by atoms with Gasteiger partial charge >= 0.3 is 0 Å². The fourth-order valence-corrected chi connectivity index (χ4v) is 4.76. The van der Waals surface area contributed by atoms with Crippen LogP contribution in [0, 0.1) is 19.8 Å². The van der Waals surface area contributed by atoms with Crippen molar-refractivity contribution in [1.82, 2.24) is 24.7 Å². The van der Waals surface area contributed by atoms with Crippen LogP contribution < -0.4 is 0 Å². The van der Waals surface area contributed by atoms with Gasteiger partial charge in [-0.3, -0.25) is 14.4 Å². The van der Waals surface area contributed by atoms with Gasteiger partial charge in [0.2, 0.25) is 0 Å². The summed E-state index contributed by atoms with van der Waals surface area (Å²) in [6, 6.07) is 2.24.